The van der Waals surface area contributed by atoms with E-state index in [4.69, 9.17) is 5.73 Å². The van der Waals surface area contributed by atoms with Gasteiger partial charge in [-0.3, -0.25) is 4.79 Å². The van der Waals surface area contributed by atoms with Gasteiger partial charge >= 0.3 is 0 Å². The smallest absolute Gasteiger partial charge is 0.265 e. The predicted molar refractivity (Wildman–Crippen MR) is 68.0 cm³/mol. The molecule has 0 aromatic carbocycles. The number of carbonyl (C=O) groups is 1. The lowest BCUT2D eigenvalue weighted by atomic mass is 10.3. The van der Waals surface area contributed by atoms with Crippen molar-refractivity contribution in [2.45, 2.75) is 6.92 Å². The molecule has 0 saturated carbocycles. The largest absolute Gasteiger partial charge is 0.382 e. The van der Waals surface area contributed by atoms with Crippen LogP contribution < -0.4 is 16.0 Å². The summed E-state index contributed by atoms with van der Waals surface area (Å²) in [4.78, 5) is 18.1. The van der Waals surface area contributed by atoms with Crippen LogP contribution in [0, 0.1) is 0 Å². The van der Waals surface area contributed by atoms with E-state index < -0.39 is 0 Å². The van der Waals surface area contributed by atoms with E-state index in [2.05, 4.69) is 16.9 Å². The Balaban J connectivity index is 2.79. The van der Waals surface area contributed by atoms with Gasteiger partial charge < -0.3 is 16.0 Å². The molecule has 0 saturated heterocycles. The topological polar surface area (TPSA) is 71.2 Å². The first-order valence-electron chi connectivity index (χ1n) is 4.78. The Morgan fingerprint density at radius 2 is 2.25 bits per heavy atom. The number of nitrogens with two attached hydrogens (primary N) is 1. The number of nitrogens with one attached hydrogen (secondary N) is 1. The van der Waals surface area contributed by atoms with Crippen LogP contribution in [0.3, 0.4) is 0 Å². The van der Waals surface area contributed by atoms with E-state index in [0.29, 0.717) is 11.4 Å². The molecule has 0 aliphatic carbocycles. The van der Waals surface area contributed by atoms with Crippen LogP contribution in [0.2, 0.25) is 0 Å². The Labute approximate surface area is 99.0 Å². The maximum atomic E-state index is 11.7. The fraction of sp³-hybridized carbons (Fsp3) is 0.400. The second-order valence-electron chi connectivity index (χ2n) is 3.75. The zero-order valence-corrected chi connectivity index (χ0v) is 10.5. The highest BCUT2D eigenvalue weighted by molar-refractivity contribution is 7.18. The zero-order chi connectivity index (χ0) is 12.3. The first kappa shape index (κ1) is 12.5. The van der Waals surface area contributed by atoms with Crippen LogP contribution in [-0.4, -0.2) is 31.5 Å². The number of nitrogens with zero attached hydrogens (tertiary/aromatic N) is 2. The summed E-state index contributed by atoms with van der Waals surface area (Å²) in [7, 11) is 3.71. The molecule has 6 heteroatoms. The molecule has 0 atom stereocenters. The summed E-state index contributed by atoms with van der Waals surface area (Å²) < 4.78 is 0. The van der Waals surface area contributed by atoms with Gasteiger partial charge in [0.15, 0.2) is 5.13 Å². The van der Waals surface area contributed by atoms with E-state index in [0.717, 1.165) is 10.7 Å². The number of rotatable bonds is 4. The van der Waals surface area contributed by atoms with Crippen molar-refractivity contribution in [1.82, 2.24) is 10.3 Å². The molecular formula is C10H16N4OS. The summed E-state index contributed by atoms with van der Waals surface area (Å²) in [6.45, 7) is 6.01. The third-order valence-corrected chi connectivity index (χ3v) is 3.02. The molecule has 1 aromatic heterocycles. The summed E-state index contributed by atoms with van der Waals surface area (Å²) in [5.41, 5.74) is 6.57. The maximum Gasteiger partial charge on any atom is 0.265 e. The fourth-order valence-electron chi connectivity index (χ4n) is 0.986. The number of anilines is 2. The Morgan fingerprint density at radius 3 is 2.69 bits per heavy atom. The SMILES string of the molecule is C=C(C)CNC(=O)c1sc(N(C)C)nc1N. The van der Waals surface area contributed by atoms with Gasteiger partial charge in [-0.2, -0.15) is 0 Å². The van der Waals surface area contributed by atoms with Crippen molar-refractivity contribution >= 4 is 28.2 Å². The highest BCUT2D eigenvalue weighted by Crippen LogP contribution is 2.26. The van der Waals surface area contributed by atoms with Crippen LogP contribution in [-0.2, 0) is 0 Å². The van der Waals surface area contributed by atoms with Gasteiger partial charge in [0, 0.05) is 20.6 Å². The summed E-state index contributed by atoms with van der Waals surface area (Å²) >= 11 is 1.28. The van der Waals surface area contributed by atoms with Crippen molar-refractivity contribution in [3.8, 4) is 0 Å². The molecule has 0 radical (unpaired) electrons. The molecule has 1 rings (SSSR count). The number of nitrogen functional groups attached to an aromatic ring is 1. The number of thiazole rings is 1. The molecule has 0 unspecified atom stereocenters. The molecule has 1 heterocycles. The minimum Gasteiger partial charge on any atom is -0.382 e. The minimum absolute atomic E-state index is 0.203. The number of carbonyl (C=O) groups excluding carboxylic acids is 1. The van der Waals surface area contributed by atoms with Gasteiger partial charge in [-0.25, -0.2) is 4.98 Å². The molecule has 3 N–H and O–H groups in total. The second kappa shape index (κ2) is 4.98. The van der Waals surface area contributed by atoms with Gasteiger partial charge in [-0.05, 0) is 6.92 Å². The van der Waals surface area contributed by atoms with Crippen molar-refractivity contribution in [2.24, 2.45) is 0 Å². The highest BCUT2D eigenvalue weighted by atomic mass is 32.1. The summed E-state index contributed by atoms with van der Waals surface area (Å²) in [5.74, 6) is 0.0685. The molecule has 0 aliphatic heterocycles. The Kier molecular flexibility index (Phi) is 3.89. The van der Waals surface area contributed by atoms with Crippen LogP contribution >= 0.6 is 11.3 Å². The van der Waals surface area contributed by atoms with Crippen molar-refractivity contribution < 1.29 is 4.79 Å². The van der Waals surface area contributed by atoms with Gasteiger partial charge in [0.05, 0.1) is 0 Å². The van der Waals surface area contributed by atoms with Gasteiger partial charge in [-0.1, -0.05) is 23.5 Å². The maximum absolute atomic E-state index is 11.7. The van der Waals surface area contributed by atoms with Crippen molar-refractivity contribution in [3.63, 3.8) is 0 Å². The molecule has 5 nitrogen and oxygen atoms in total. The lowest BCUT2D eigenvalue weighted by molar-refractivity contribution is 0.0961. The number of amides is 1. The van der Waals surface area contributed by atoms with E-state index in [-0.39, 0.29) is 11.7 Å². The molecule has 1 aromatic rings. The van der Waals surface area contributed by atoms with Crippen molar-refractivity contribution in [2.75, 3.05) is 31.3 Å². The van der Waals surface area contributed by atoms with Crippen LogP contribution in [0.4, 0.5) is 10.9 Å². The Bertz CT molecular complexity index is 411. The normalized spacial score (nSPS) is 9.94. The fourth-order valence-corrected chi connectivity index (χ4v) is 1.81. The van der Waals surface area contributed by atoms with Gasteiger partial charge in [0.2, 0.25) is 0 Å². The standard InChI is InChI=1S/C10H16N4OS/c1-6(2)5-12-9(15)7-8(11)13-10(16-7)14(3)4/h1,5,11H2,2-4H3,(H,12,15). The summed E-state index contributed by atoms with van der Waals surface area (Å²) in [5, 5.41) is 3.45. The predicted octanol–water partition coefficient (Wildman–Crippen LogP) is 1.10. The van der Waals surface area contributed by atoms with Crippen molar-refractivity contribution in [1.29, 1.82) is 0 Å². The summed E-state index contributed by atoms with van der Waals surface area (Å²) in [6, 6.07) is 0. The third-order valence-electron chi connectivity index (χ3n) is 1.78. The lowest BCUT2D eigenvalue weighted by Crippen LogP contribution is -2.24. The Hall–Kier alpha value is -1.56. The van der Waals surface area contributed by atoms with E-state index in [9.17, 15) is 4.79 Å². The monoisotopic (exact) mass is 240 g/mol. The van der Waals surface area contributed by atoms with Crippen LogP contribution in [0.1, 0.15) is 16.6 Å². The quantitative estimate of drug-likeness (QED) is 0.773. The second-order valence-corrected chi connectivity index (χ2v) is 4.72. The first-order valence-corrected chi connectivity index (χ1v) is 5.59. The molecule has 16 heavy (non-hydrogen) atoms. The van der Waals surface area contributed by atoms with Gasteiger partial charge in [-0.15, -0.1) is 0 Å². The Morgan fingerprint density at radius 1 is 1.62 bits per heavy atom. The highest BCUT2D eigenvalue weighted by Gasteiger charge is 2.16. The molecule has 1 amide bonds. The number of hydrogen-bond donors (Lipinski definition) is 2. The molecule has 0 bridgehead atoms. The average molecular weight is 240 g/mol. The van der Waals surface area contributed by atoms with E-state index >= 15 is 0 Å². The summed E-state index contributed by atoms with van der Waals surface area (Å²) in [6.07, 6.45) is 0. The third kappa shape index (κ3) is 2.96. The van der Waals surface area contributed by atoms with E-state index in [1.807, 2.05) is 25.9 Å². The molecule has 88 valence electrons. The van der Waals surface area contributed by atoms with Gasteiger partial charge in [0.25, 0.3) is 5.91 Å². The van der Waals surface area contributed by atoms with Crippen LogP contribution in [0.25, 0.3) is 0 Å². The minimum atomic E-state index is -0.203. The zero-order valence-electron chi connectivity index (χ0n) is 9.70. The lowest BCUT2D eigenvalue weighted by Gasteiger charge is -2.05. The van der Waals surface area contributed by atoms with E-state index in [1.54, 1.807) is 0 Å². The number of aromatic nitrogens is 1. The molecule has 0 aliphatic rings. The van der Waals surface area contributed by atoms with Crippen LogP contribution in [0.15, 0.2) is 12.2 Å². The number of hydrogen-bond acceptors (Lipinski definition) is 5. The van der Waals surface area contributed by atoms with Crippen molar-refractivity contribution in [3.05, 3.63) is 17.0 Å². The first-order chi connectivity index (χ1) is 7.41. The average Bonchev–Trinajstić information content (AvgIpc) is 2.57. The van der Waals surface area contributed by atoms with Crippen LogP contribution in [0.5, 0.6) is 0 Å². The molecule has 0 fully saturated rings. The molecular weight excluding hydrogens is 224 g/mol. The van der Waals surface area contributed by atoms with E-state index in [1.165, 1.54) is 11.3 Å². The van der Waals surface area contributed by atoms with Gasteiger partial charge in [0.1, 0.15) is 10.7 Å². The molecule has 0 spiro atoms.